The van der Waals surface area contributed by atoms with Crippen molar-refractivity contribution in [2.75, 3.05) is 19.0 Å². The van der Waals surface area contributed by atoms with E-state index >= 15 is 0 Å². The first-order valence-electron chi connectivity index (χ1n) is 4.88. The van der Waals surface area contributed by atoms with E-state index in [9.17, 15) is 0 Å². The van der Waals surface area contributed by atoms with Crippen molar-refractivity contribution in [3.05, 3.63) is 18.2 Å². The summed E-state index contributed by atoms with van der Waals surface area (Å²) in [6.45, 7) is 3.04. The molecule has 76 valence electrons. The van der Waals surface area contributed by atoms with E-state index in [1.54, 1.807) is 7.11 Å². The second kappa shape index (κ2) is 3.78. The maximum absolute atomic E-state index is 5.76. The molecule has 1 heterocycles. The highest BCUT2D eigenvalue weighted by molar-refractivity contribution is 5.59. The molecule has 0 saturated carbocycles. The summed E-state index contributed by atoms with van der Waals surface area (Å²) in [6.07, 6.45) is 1.28. The van der Waals surface area contributed by atoms with Gasteiger partial charge in [-0.25, -0.2) is 0 Å². The van der Waals surface area contributed by atoms with Crippen LogP contribution in [0, 0.1) is 0 Å². The molecule has 0 spiro atoms. The Kier molecular flexibility index (Phi) is 2.48. The molecule has 1 aromatic carbocycles. The van der Waals surface area contributed by atoms with Crippen molar-refractivity contribution in [2.45, 2.75) is 19.4 Å². The van der Waals surface area contributed by atoms with Crippen LogP contribution in [0.15, 0.2) is 18.2 Å². The van der Waals surface area contributed by atoms with Crippen molar-refractivity contribution in [3.8, 4) is 11.5 Å². The summed E-state index contributed by atoms with van der Waals surface area (Å²) in [4.78, 5) is 0. The van der Waals surface area contributed by atoms with Crippen LogP contribution in [-0.4, -0.2) is 19.8 Å². The first kappa shape index (κ1) is 9.19. The van der Waals surface area contributed by atoms with Crippen molar-refractivity contribution in [1.29, 1.82) is 0 Å². The smallest absolute Gasteiger partial charge is 0.146 e. The zero-order valence-electron chi connectivity index (χ0n) is 8.54. The third-order valence-corrected chi connectivity index (χ3v) is 2.38. The molecule has 1 aromatic rings. The number of ether oxygens (including phenoxy) is 2. The molecule has 0 fully saturated rings. The van der Waals surface area contributed by atoms with E-state index < -0.39 is 0 Å². The Balaban J connectivity index is 2.32. The number of hydrogen-bond donors (Lipinski definition) is 1. The highest BCUT2D eigenvalue weighted by Gasteiger charge is 2.13. The number of benzene rings is 1. The van der Waals surface area contributed by atoms with E-state index in [1.807, 2.05) is 18.2 Å². The van der Waals surface area contributed by atoms with Gasteiger partial charge in [0.2, 0.25) is 0 Å². The van der Waals surface area contributed by atoms with Crippen LogP contribution in [0.4, 0.5) is 5.69 Å². The van der Waals surface area contributed by atoms with Gasteiger partial charge in [0.25, 0.3) is 0 Å². The third kappa shape index (κ3) is 1.76. The van der Waals surface area contributed by atoms with Gasteiger partial charge >= 0.3 is 0 Å². The van der Waals surface area contributed by atoms with E-state index in [4.69, 9.17) is 9.47 Å². The monoisotopic (exact) mass is 193 g/mol. The first-order valence-corrected chi connectivity index (χ1v) is 4.88. The van der Waals surface area contributed by atoms with Gasteiger partial charge in [-0.15, -0.1) is 0 Å². The van der Waals surface area contributed by atoms with E-state index in [2.05, 4.69) is 12.2 Å². The normalized spacial score (nSPS) is 20.0. The average Bonchev–Trinajstić information content (AvgIpc) is 2.37. The van der Waals surface area contributed by atoms with Crippen LogP contribution in [0.2, 0.25) is 0 Å². The summed E-state index contributed by atoms with van der Waals surface area (Å²) in [5, 5.41) is 3.33. The second-order valence-electron chi connectivity index (χ2n) is 3.51. The van der Waals surface area contributed by atoms with Crippen LogP contribution in [0.1, 0.15) is 13.3 Å². The van der Waals surface area contributed by atoms with Gasteiger partial charge in [-0.2, -0.15) is 0 Å². The SMILES string of the molecule is COc1ccc2c(c1)OC(C)CCN2. The maximum Gasteiger partial charge on any atom is 0.146 e. The van der Waals surface area contributed by atoms with Crippen molar-refractivity contribution < 1.29 is 9.47 Å². The molecule has 1 aliphatic heterocycles. The minimum absolute atomic E-state index is 0.260. The van der Waals surface area contributed by atoms with Gasteiger partial charge in [0.05, 0.1) is 18.9 Å². The predicted octanol–water partition coefficient (Wildman–Crippen LogP) is 2.28. The topological polar surface area (TPSA) is 30.5 Å². The van der Waals surface area contributed by atoms with Gasteiger partial charge in [0, 0.05) is 19.0 Å². The predicted molar refractivity (Wildman–Crippen MR) is 56.2 cm³/mol. The first-order chi connectivity index (χ1) is 6.79. The number of nitrogens with one attached hydrogen (secondary N) is 1. The average molecular weight is 193 g/mol. The molecule has 0 aromatic heterocycles. The molecular formula is C11H15NO2. The van der Waals surface area contributed by atoms with E-state index in [-0.39, 0.29) is 6.10 Å². The minimum atomic E-state index is 0.260. The Labute approximate surface area is 84.0 Å². The summed E-state index contributed by atoms with van der Waals surface area (Å²) in [5.41, 5.74) is 1.05. The Morgan fingerprint density at radius 3 is 3.14 bits per heavy atom. The zero-order chi connectivity index (χ0) is 9.97. The molecule has 1 unspecified atom stereocenters. The molecule has 0 aliphatic carbocycles. The van der Waals surface area contributed by atoms with Gasteiger partial charge in [-0.3, -0.25) is 0 Å². The molecule has 0 bridgehead atoms. The summed E-state index contributed by atoms with van der Waals surface area (Å²) < 4.78 is 10.9. The lowest BCUT2D eigenvalue weighted by Gasteiger charge is -2.12. The van der Waals surface area contributed by atoms with Gasteiger partial charge in [0.1, 0.15) is 11.5 Å². The van der Waals surface area contributed by atoms with Crippen molar-refractivity contribution >= 4 is 5.69 Å². The van der Waals surface area contributed by atoms with Crippen molar-refractivity contribution in [3.63, 3.8) is 0 Å². The van der Waals surface area contributed by atoms with E-state index in [0.717, 1.165) is 30.2 Å². The summed E-state index contributed by atoms with van der Waals surface area (Å²) >= 11 is 0. The molecule has 2 rings (SSSR count). The van der Waals surface area contributed by atoms with Gasteiger partial charge in [-0.05, 0) is 19.1 Å². The fraction of sp³-hybridized carbons (Fsp3) is 0.455. The lowest BCUT2D eigenvalue weighted by atomic mass is 10.2. The molecule has 3 nitrogen and oxygen atoms in total. The molecular weight excluding hydrogens is 178 g/mol. The van der Waals surface area contributed by atoms with Crippen LogP contribution in [-0.2, 0) is 0 Å². The highest BCUT2D eigenvalue weighted by atomic mass is 16.5. The minimum Gasteiger partial charge on any atom is -0.497 e. The summed E-state index contributed by atoms with van der Waals surface area (Å²) in [7, 11) is 1.66. The van der Waals surface area contributed by atoms with E-state index in [0.29, 0.717) is 0 Å². The number of anilines is 1. The van der Waals surface area contributed by atoms with Crippen molar-refractivity contribution in [2.24, 2.45) is 0 Å². The van der Waals surface area contributed by atoms with E-state index in [1.165, 1.54) is 0 Å². The van der Waals surface area contributed by atoms with Gasteiger partial charge in [0.15, 0.2) is 0 Å². The molecule has 3 heteroatoms. The fourth-order valence-corrected chi connectivity index (χ4v) is 1.56. The quantitative estimate of drug-likeness (QED) is 0.742. The summed E-state index contributed by atoms with van der Waals surface area (Å²) in [5.74, 6) is 1.72. The molecule has 1 N–H and O–H groups in total. The lowest BCUT2D eigenvalue weighted by molar-refractivity contribution is 0.221. The van der Waals surface area contributed by atoms with Crippen LogP contribution < -0.4 is 14.8 Å². The zero-order valence-corrected chi connectivity index (χ0v) is 8.54. The van der Waals surface area contributed by atoms with Gasteiger partial charge in [-0.1, -0.05) is 0 Å². The highest BCUT2D eigenvalue weighted by Crippen LogP contribution is 2.32. The number of hydrogen-bond acceptors (Lipinski definition) is 3. The van der Waals surface area contributed by atoms with Crippen LogP contribution in [0.3, 0.4) is 0 Å². The van der Waals surface area contributed by atoms with Crippen LogP contribution >= 0.6 is 0 Å². The molecule has 0 radical (unpaired) electrons. The fourth-order valence-electron chi connectivity index (χ4n) is 1.56. The Hall–Kier alpha value is -1.38. The molecule has 1 aliphatic rings. The molecule has 0 amide bonds. The summed E-state index contributed by atoms with van der Waals surface area (Å²) in [6, 6.07) is 5.85. The maximum atomic E-state index is 5.76. The number of methoxy groups -OCH3 is 1. The molecule has 14 heavy (non-hydrogen) atoms. The molecule has 0 saturated heterocycles. The van der Waals surface area contributed by atoms with Crippen molar-refractivity contribution in [1.82, 2.24) is 0 Å². The van der Waals surface area contributed by atoms with Gasteiger partial charge < -0.3 is 14.8 Å². The van der Waals surface area contributed by atoms with Crippen LogP contribution in [0.25, 0.3) is 0 Å². The Morgan fingerprint density at radius 1 is 1.50 bits per heavy atom. The largest absolute Gasteiger partial charge is 0.497 e. The number of rotatable bonds is 1. The lowest BCUT2D eigenvalue weighted by Crippen LogP contribution is -2.12. The second-order valence-corrected chi connectivity index (χ2v) is 3.51. The Bertz CT molecular complexity index is 325. The molecule has 1 atom stereocenters. The number of fused-ring (bicyclic) bond motifs is 1. The standard InChI is InChI=1S/C11H15NO2/c1-8-5-6-12-10-4-3-9(13-2)7-11(10)14-8/h3-4,7-8,12H,5-6H2,1-2H3. The Morgan fingerprint density at radius 2 is 2.36 bits per heavy atom. The third-order valence-electron chi connectivity index (χ3n) is 2.38. The van der Waals surface area contributed by atoms with Crippen LogP contribution in [0.5, 0.6) is 11.5 Å².